The number of rotatable bonds is 4. The van der Waals surface area contributed by atoms with E-state index >= 15 is 0 Å². The molecule has 0 aromatic heterocycles. The summed E-state index contributed by atoms with van der Waals surface area (Å²) in [6.45, 7) is -0.258. The molecule has 0 fully saturated rings. The summed E-state index contributed by atoms with van der Waals surface area (Å²) in [6, 6.07) is 7.79. The van der Waals surface area contributed by atoms with Crippen LogP contribution in [0.2, 0.25) is 0 Å². The van der Waals surface area contributed by atoms with Gasteiger partial charge in [-0.15, -0.1) is 0 Å². The monoisotopic (exact) mass is 336 g/mol. The molecule has 126 valence electrons. The van der Waals surface area contributed by atoms with Gasteiger partial charge in [0.1, 0.15) is 29.7 Å². The predicted octanol–water partition coefficient (Wildman–Crippen LogP) is 2.49. The third-order valence-electron chi connectivity index (χ3n) is 3.55. The summed E-state index contributed by atoms with van der Waals surface area (Å²) < 4.78 is 38.1. The number of benzene rings is 2. The Balaban J connectivity index is 1.66. The van der Waals surface area contributed by atoms with Gasteiger partial charge in [0.25, 0.3) is 0 Å². The van der Waals surface area contributed by atoms with Crippen LogP contribution >= 0.6 is 0 Å². The van der Waals surface area contributed by atoms with Gasteiger partial charge in [-0.25, -0.2) is 19.1 Å². The lowest BCUT2D eigenvalue weighted by molar-refractivity contribution is 0.137. The second kappa shape index (κ2) is 6.71. The third kappa shape index (κ3) is 3.38. The lowest BCUT2D eigenvalue weighted by atomic mass is 10.1. The minimum absolute atomic E-state index is 0.155. The van der Waals surface area contributed by atoms with E-state index in [2.05, 4.69) is 5.32 Å². The van der Waals surface area contributed by atoms with Crippen LogP contribution in [0, 0.1) is 11.6 Å². The molecule has 0 bridgehead atoms. The van der Waals surface area contributed by atoms with Crippen molar-refractivity contribution in [2.45, 2.75) is 19.3 Å². The molecule has 2 amide bonds. The fraction of sp³-hybridized carbons (Fsp3) is 0.188. The van der Waals surface area contributed by atoms with E-state index in [1.165, 1.54) is 11.5 Å². The number of hydrogen-bond acceptors (Lipinski definition) is 4. The number of fused-ring (bicyclic) bond motifs is 1. The Morgan fingerprint density at radius 1 is 1.29 bits per heavy atom. The molecule has 1 aliphatic heterocycles. The van der Waals surface area contributed by atoms with E-state index in [9.17, 15) is 13.6 Å². The summed E-state index contributed by atoms with van der Waals surface area (Å²) in [5.74, 6) is -0.480. The summed E-state index contributed by atoms with van der Waals surface area (Å²) in [7, 11) is 0. The summed E-state index contributed by atoms with van der Waals surface area (Å²) in [4.78, 5) is 11.1. The van der Waals surface area contributed by atoms with E-state index in [1.807, 2.05) is 0 Å². The van der Waals surface area contributed by atoms with Gasteiger partial charge in [-0.05, 0) is 18.2 Å². The van der Waals surface area contributed by atoms with Crippen LogP contribution in [0.15, 0.2) is 36.4 Å². The van der Waals surface area contributed by atoms with E-state index in [4.69, 9.17) is 14.7 Å². The molecule has 3 rings (SSSR count). The van der Waals surface area contributed by atoms with Crippen LogP contribution in [0.4, 0.5) is 13.6 Å². The normalized spacial score (nSPS) is 15.4. The van der Waals surface area contributed by atoms with Gasteiger partial charge in [0.2, 0.25) is 0 Å². The molecule has 8 heteroatoms. The van der Waals surface area contributed by atoms with Crippen LogP contribution in [-0.4, -0.2) is 17.5 Å². The van der Waals surface area contributed by atoms with Crippen molar-refractivity contribution in [3.8, 4) is 11.5 Å². The first-order chi connectivity index (χ1) is 11.6. The van der Waals surface area contributed by atoms with Crippen molar-refractivity contribution in [3.63, 3.8) is 0 Å². The molecule has 3 N–H and O–H groups in total. The van der Waals surface area contributed by atoms with Crippen molar-refractivity contribution in [2.75, 3.05) is 0 Å². The molecule has 1 heterocycles. The summed E-state index contributed by atoms with van der Waals surface area (Å²) in [5.41, 5.74) is 2.13. The van der Waals surface area contributed by atoms with Crippen LogP contribution in [0.25, 0.3) is 0 Å². The Bertz CT molecular complexity index is 749. The zero-order chi connectivity index (χ0) is 17.1. The van der Waals surface area contributed by atoms with Gasteiger partial charge in [-0.3, -0.25) is 5.21 Å². The maximum absolute atomic E-state index is 13.6. The van der Waals surface area contributed by atoms with Gasteiger partial charge < -0.3 is 14.8 Å². The zero-order valence-electron chi connectivity index (χ0n) is 12.4. The lowest BCUT2D eigenvalue weighted by Crippen LogP contribution is -2.43. The summed E-state index contributed by atoms with van der Waals surface area (Å²) in [5, 5.41) is 10.9. The zero-order valence-corrected chi connectivity index (χ0v) is 12.4. The molecule has 1 aliphatic rings. The van der Waals surface area contributed by atoms with Crippen molar-refractivity contribution in [1.29, 1.82) is 0 Å². The molecule has 0 saturated carbocycles. The minimum atomic E-state index is -0.778. The lowest BCUT2D eigenvalue weighted by Gasteiger charge is -2.12. The average molecular weight is 336 g/mol. The number of ether oxygens (including phenoxy) is 2. The highest BCUT2D eigenvalue weighted by atomic mass is 19.1. The molecule has 24 heavy (non-hydrogen) atoms. The topological polar surface area (TPSA) is 79.8 Å². The first kappa shape index (κ1) is 16.0. The van der Waals surface area contributed by atoms with E-state index < -0.39 is 23.9 Å². The molecular weight excluding hydrogens is 322 g/mol. The van der Waals surface area contributed by atoms with Crippen molar-refractivity contribution < 1.29 is 28.3 Å². The van der Waals surface area contributed by atoms with Crippen LogP contribution in [-0.2, 0) is 13.0 Å². The summed E-state index contributed by atoms with van der Waals surface area (Å²) in [6.07, 6.45) is -0.197. The van der Waals surface area contributed by atoms with Gasteiger partial charge in [-0.1, -0.05) is 12.1 Å². The number of nitrogens with one attached hydrogen (secondary N) is 2. The van der Waals surface area contributed by atoms with Crippen LogP contribution < -0.4 is 20.3 Å². The Labute approximate surface area is 136 Å². The van der Waals surface area contributed by atoms with Crippen molar-refractivity contribution in [2.24, 2.45) is 0 Å². The molecule has 2 aromatic rings. The van der Waals surface area contributed by atoms with Gasteiger partial charge in [0, 0.05) is 18.1 Å². The molecule has 1 unspecified atom stereocenters. The fourth-order valence-electron chi connectivity index (χ4n) is 2.38. The van der Waals surface area contributed by atoms with E-state index in [1.54, 1.807) is 18.2 Å². The number of halogens is 2. The smallest absolute Gasteiger partial charge is 0.341 e. The van der Waals surface area contributed by atoms with E-state index in [0.717, 1.165) is 17.7 Å². The molecular formula is C16H14F2N2O4. The molecule has 0 radical (unpaired) electrons. The van der Waals surface area contributed by atoms with E-state index in [-0.39, 0.29) is 12.2 Å². The number of carbonyl (C=O) groups is 1. The van der Waals surface area contributed by atoms with Gasteiger partial charge in [0.05, 0.1) is 5.56 Å². The number of carbonyl (C=O) groups excluding carboxylic acids is 1. The fourth-order valence-corrected chi connectivity index (χ4v) is 2.38. The highest BCUT2D eigenvalue weighted by molar-refractivity contribution is 5.72. The highest BCUT2D eigenvalue weighted by Crippen LogP contribution is 2.32. The van der Waals surface area contributed by atoms with Crippen molar-refractivity contribution >= 4 is 6.03 Å². The molecule has 0 saturated heterocycles. The predicted molar refractivity (Wildman–Crippen MR) is 78.7 cm³/mol. The Hall–Kier alpha value is -2.87. The molecule has 1 atom stereocenters. The van der Waals surface area contributed by atoms with Crippen LogP contribution in [0.5, 0.6) is 11.5 Å². The Morgan fingerprint density at radius 3 is 2.75 bits per heavy atom. The Kier molecular flexibility index (Phi) is 4.48. The largest absolute Gasteiger partial charge is 0.489 e. The van der Waals surface area contributed by atoms with Gasteiger partial charge >= 0.3 is 6.03 Å². The quantitative estimate of drug-likeness (QED) is 0.592. The molecule has 0 aliphatic carbocycles. The molecule has 0 spiro atoms. The number of hydrogen-bond donors (Lipinski definition) is 3. The Morgan fingerprint density at radius 2 is 2.04 bits per heavy atom. The van der Waals surface area contributed by atoms with Crippen molar-refractivity contribution in [3.05, 3.63) is 59.2 Å². The highest BCUT2D eigenvalue weighted by Gasteiger charge is 2.24. The number of hydroxylamine groups is 1. The second-order valence-corrected chi connectivity index (χ2v) is 5.15. The standard InChI is InChI=1S/C16H14F2N2O4/c17-12-2-1-3-13(18)11(12)8-23-10-5-4-9-6-15(19-16(21)20-22)24-14(9)7-10/h1-5,7,15,22H,6,8H2,(H2,19,20,21). The van der Waals surface area contributed by atoms with Crippen molar-refractivity contribution in [1.82, 2.24) is 10.8 Å². The minimum Gasteiger partial charge on any atom is -0.489 e. The van der Waals surface area contributed by atoms with Crippen LogP contribution in [0.3, 0.4) is 0 Å². The SMILES string of the molecule is O=C(NO)NC1Cc2ccc(OCc3c(F)cccc3F)cc2O1. The third-order valence-corrected chi connectivity index (χ3v) is 3.55. The van der Waals surface area contributed by atoms with Crippen LogP contribution in [0.1, 0.15) is 11.1 Å². The number of amides is 2. The van der Waals surface area contributed by atoms with E-state index in [0.29, 0.717) is 17.9 Å². The van der Waals surface area contributed by atoms with Gasteiger partial charge in [0.15, 0.2) is 6.23 Å². The first-order valence-corrected chi connectivity index (χ1v) is 7.12. The second-order valence-electron chi connectivity index (χ2n) is 5.15. The average Bonchev–Trinajstić information content (AvgIpc) is 2.95. The molecule has 6 nitrogen and oxygen atoms in total. The molecule has 2 aromatic carbocycles. The maximum Gasteiger partial charge on any atom is 0.341 e. The first-order valence-electron chi connectivity index (χ1n) is 7.12. The summed E-state index contributed by atoms with van der Waals surface area (Å²) >= 11 is 0. The van der Waals surface area contributed by atoms with Gasteiger partial charge in [-0.2, -0.15) is 0 Å². The number of urea groups is 1. The maximum atomic E-state index is 13.6.